The number of aromatic nitrogens is 1. The van der Waals surface area contributed by atoms with Crippen LogP contribution in [0.15, 0.2) is 48.5 Å². The Morgan fingerprint density at radius 2 is 1.79 bits per heavy atom. The number of nitrogens with zero attached hydrogens (tertiary/aromatic N) is 1. The Hall–Kier alpha value is -3.08. The molecule has 3 rings (SSSR count). The monoisotopic (exact) mass is 392 g/mol. The van der Waals surface area contributed by atoms with Crippen molar-refractivity contribution in [1.29, 1.82) is 0 Å². The van der Waals surface area contributed by atoms with Gasteiger partial charge in [0, 0.05) is 29.4 Å². The highest BCUT2D eigenvalue weighted by Crippen LogP contribution is 2.39. The smallest absolute Gasteiger partial charge is 0.224 e. The van der Waals surface area contributed by atoms with Crippen LogP contribution < -0.4 is 10.5 Å². The van der Waals surface area contributed by atoms with Gasteiger partial charge < -0.3 is 15.0 Å². The van der Waals surface area contributed by atoms with Crippen LogP contribution >= 0.6 is 0 Å². The van der Waals surface area contributed by atoms with Crippen molar-refractivity contribution in [3.8, 4) is 16.9 Å². The molecule has 2 aromatic carbocycles. The lowest BCUT2D eigenvalue weighted by molar-refractivity contribution is -0.126. The number of primary amides is 1. The van der Waals surface area contributed by atoms with E-state index in [1.165, 1.54) is 0 Å². The minimum Gasteiger partial charge on any atom is -0.497 e. The number of fused-ring (bicyclic) bond motifs is 1. The van der Waals surface area contributed by atoms with Gasteiger partial charge in [-0.05, 0) is 44.0 Å². The van der Waals surface area contributed by atoms with Gasteiger partial charge in [-0.2, -0.15) is 0 Å². The fraction of sp³-hybridized carbons (Fsp3) is 0.333. The van der Waals surface area contributed by atoms with Gasteiger partial charge in [0.2, 0.25) is 5.91 Å². The Labute approximate surface area is 171 Å². The maximum absolute atomic E-state index is 13.3. The zero-order chi connectivity index (χ0) is 21.2. The molecule has 5 nitrogen and oxygen atoms in total. The predicted octanol–water partition coefficient (Wildman–Crippen LogP) is 4.81. The second kappa shape index (κ2) is 8.11. The SMILES string of the molecule is CCCC(=O)c1c(-c2ccccc2)c2cc(OC)ccc2n1CC(C)(C)C(N)=O. The van der Waals surface area contributed by atoms with Crippen LogP contribution in [0.1, 0.15) is 44.1 Å². The first-order valence-electron chi connectivity index (χ1n) is 9.89. The minimum absolute atomic E-state index is 0.0572. The van der Waals surface area contributed by atoms with Crippen LogP contribution in [-0.4, -0.2) is 23.4 Å². The summed E-state index contributed by atoms with van der Waals surface area (Å²) < 4.78 is 7.40. The average molecular weight is 392 g/mol. The Morgan fingerprint density at radius 3 is 2.38 bits per heavy atom. The Kier molecular flexibility index (Phi) is 5.78. The third-order valence-electron chi connectivity index (χ3n) is 5.29. The molecule has 0 saturated heterocycles. The molecule has 152 valence electrons. The van der Waals surface area contributed by atoms with Crippen LogP contribution in [0.4, 0.5) is 0 Å². The molecule has 0 radical (unpaired) electrons. The highest BCUT2D eigenvalue weighted by atomic mass is 16.5. The van der Waals surface area contributed by atoms with Gasteiger partial charge in [-0.3, -0.25) is 9.59 Å². The third kappa shape index (κ3) is 3.90. The molecular weight excluding hydrogens is 364 g/mol. The highest BCUT2D eigenvalue weighted by molar-refractivity contribution is 6.11. The number of rotatable bonds is 8. The zero-order valence-corrected chi connectivity index (χ0v) is 17.5. The summed E-state index contributed by atoms with van der Waals surface area (Å²) >= 11 is 0. The van der Waals surface area contributed by atoms with Gasteiger partial charge in [0.25, 0.3) is 0 Å². The first-order chi connectivity index (χ1) is 13.8. The Balaban J connectivity index is 2.40. The maximum atomic E-state index is 13.3. The van der Waals surface area contributed by atoms with Gasteiger partial charge in [-0.25, -0.2) is 0 Å². The summed E-state index contributed by atoms with van der Waals surface area (Å²) in [6.45, 7) is 5.92. The van der Waals surface area contributed by atoms with Crippen LogP contribution in [0, 0.1) is 5.41 Å². The van der Waals surface area contributed by atoms with E-state index in [-0.39, 0.29) is 5.78 Å². The van der Waals surface area contributed by atoms with Crippen LogP contribution in [0.25, 0.3) is 22.0 Å². The summed E-state index contributed by atoms with van der Waals surface area (Å²) in [7, 11) is 1.62. The first kappa shape index (κ1) is 20.6. The van der Waals surface area contributed by atoms with Crippen molar-refractivity contribution in [2.75, 3.05) is 7.11 Å². The number of hydrogen-bond donors (Lipinski definition) is 1. The molecule has 5 heteroatoms. The van der Waals surface area contributed by atoms with Crippen molar-refractivity contribution >= 4 is 22.6 Å². The van der Waals surface area contributed by atoms with Crippen molar-refractivity contribution in [3.63, 3.8) is 0 Å². The van der Waals surface area contributed by atoms with Gasteiger partial charge in [-0.1, -0.05) is 37.3 Å². The van der Waals surface area contributed by atoms with Crippen molar-refractivity contribution < 1.29 is 14.3 Å². The fourth-order valence-corrected chi connectivity index (χ4v) is 3.63. The van der Waals surface area contributed by atoms with E-state index in [0.29, 0.717) is 18.7 Å². The van der Waals surface area contributed by atoms with Crippen LogP contribution in [0.5, 0.6) is 5.75 Å². The quantitative estimate of drug-likeness (QED) is 0.559. The van der Waals surface area contributed by atoms with E-state index in [0.717, 1.165) is 34.2 Å². The van der Waals surface area contributed by atoms with Crippen molar-refractivity contribution in [3.05, 3.63) is 54.2 Å². The van der Waals surface area contributed by atoms with Gasteiger partial charge >= 0.3 is 0 Å². The molecule has 0 atom stereocenters. The lowest BCUT2D eigenvalue weighted by atomic mass is 9.92. The molecule has 0 fully saturated rings. The van der Waals surface area contributed by atoms with Gasteiger partial charge in [0.15, 0.2) is 5.78 Å². The van der Waals surface area contributed by atoms with Crippen LogP contribution in [0.3, 0.4) is 0 Å². The summed E-state index contributed by atoms with van der Waals surface area (Å²) in [5.41, 5.74) is 8.19. The number of carbonyl (C=O) groups is 2. The molecule has 0 spiro atoms. The molecule has 0 aliphatic rings. The maximum Gasteiger partial charge on any atom is 0.224 e. The summed E-state index contributed by atoms with van der Waals surface area (Å²) in [6.07, 6.45) is 1.18. The molecule has 0 bridgehead atoms. The predicted molar refractivity (Wildman–Crippen MR) is 116 cm³/mol. The Bertz CT molecular complexity index is 1050. The molecule has 0 aliphatic heterocycles. The summed E-state index contributed by atoms with van der Waals surface area (Å²) in [4.78, 5) is 25.3. The van der Waals surface area contributed by atoms with E-state index in [2.05, 4.69) is 0 Å². The molecule has 1 amide bonds. The third-order valence-corrected chi connectivity index (χ3v) is 5.29. The molecular formula is C24H28N2O3. The van der Waals surface area contributed by atoms with E-state index in [4.69, 9.17) is 10.5 Å². The molecule has 2 N–H and O–H groups in total. The van der Waals surface area contributed by atoms with E-state index >= 15 is 0 Å². The number of methoxy groups -OCH3 is 1. The van der Waals surface area contributed by atoms with Crippen molar-refractivity contribution in [1.82, 2.24) is 4.57 Å². The van der Waals surface area contributed by atoms with Crippen molar-refractivity contribution in [2.45, 2.75) is 40.2 Å². The van der Waals surface area contributed by atoms with E-state index in [1.54, 1.807) is 21.0 Å². The van der Waals surface area contributed by atoms with E-state index < -0.39 is 11.3 Å². The van der Waals surface area contributed by atoms with E-state index in [9.17, 15) is 9.59 Å². The topological polar surface area (TPSA) is 74.3 Å². The Morgan fingerprint density at radius 1 is 1.10 bits per heavy atom. The molecule has 0 unspecified atom stereocenters. The zero-order valence-electron chi connectivity index (χ0n) is 17.5. The highest BCUT2D eigenvalue weighted by Gasteiger charge is 2.31. The molecule has 1 heterocycles. The number of ether oxygens (including phenoxy) is 1. The van der Waals surface area contributed by atoms with Gasteiger partial charge in [-0.15, -0.1) is 0 Å². The molecule has 29 heavy (non-hydrogen) atoms. The normalized spacial score (nSPS) is 11.6. The number of ketones is 1. The lowest BCUT2D eigenvalue weighted by Crippen LogP contribution is -2.36. The van der Waals surface area contributed by atoms with Crippen LogP contribution in [-0.2, 0) is 11.3 Å². The summed E-state index contributed by atoms with van der Waals surface area (Å²) in [5.74, 6) is 0.375. The first-order valence-corrected chi connectivity index (χ1v) is 9.89. The second-order valence-corrected chi connectivity index (χ2v) is 7.98. The average Bonchev–Trinajstić information content (AvgIpc) is 3.01. The van der Waals surface area contributed by atoms with Gasteiger partial charge in [0.05, 0.1) is 18.2 Å². The minimum atomic E-state index is -0.804. The molecule has 1 aromatic heterocycles. The summed E-state index contributed by atoms with van der Waals surface area (Å²) in [5, 5.41) is 0.926. The number of amides is 1. The van der Waals surface area contributed by atoms with Crippen LogP contribution in [0.2, 0.25) is 0 Å². The second-order valence-electron chi connectivity index (χ2n) is 7.98. The largest absolute Gasteiger partial charge is 0.497 e. The summed E-state index contributed by atoms with van der Waals surface area (Å²) in [6, 6.07) is 15.6. The van der Waals surface area contributed by atoms with Gasteiger partial charge in [0.1, 0.15) is 5.75 Å². The molecule has 0 aliphatic carbocycles. The lowest BCUT2D eigenvalue weighted by Gasteiger charge is -2.23. The number of hydrogen-bond acceptors (Lipinski definition) is 3. The number of nitrogens with two attached hydrogens (primary N) is 1. The number of benzene rings is 2. The molecule has 0 saturated carbocycles. The number of Topliss-reactive ketones (excluding diaryl/α,β-unsaturated/α-hetero) is 1. The van der Waals surface area contributed by atoms with E-state index in [1.807, 2.05) is 60.0 Å². The number of carbonyl (C=O) groups excluding carboxylic acids is 2. The fourth-order valence-electron chi connectivity index (χ4n) is 3.63. The van der Waals surface area contributed by atoms with Crippen molar-refractivity contribution in [2.24, 2.45) is 11.1 Å². The standard InChI is InChI=1S/C24H28N2O3/c1-5-9-20(27)22-21(16-10-7-6-8-11-16)18-14-17(29-4)12-13-19(18)26(22)15-24(2,3)23(25)28/h6-8,10-14H,5,9,15H2,1-4H3,(H2,25,28). The molecule has 3 aromatic rings.